The van der Waals surface area contributed by atoms with E-state index < -0.39 is 6.10 Å². The lowest BCUT2D eigenvalue weighted by molar-refractivity contribution is -0.167. The quantitative estimate of drug-likeness (QED) is 0.0261. The first kappa shape index (κ1) is 67.4. The monoisotopic (exact) mass is 981 g/mol. The summed E-state index contributed by atoms with van der Waals surface area (Å²) in [5, 5.41) is 0. The number of hydrogen-bond acceptors (Lipinski definition) is 6. The molecule has 0 aromatic carbocycles. The Morgan fingerprint density at radius 2 is 0.557 bits per heavy atom. The molecule has 408 valence electrons. The number of esters is 3. The second-order valence-electron chi connectivity index (χ2n) is 20.6. The van der Waals surface area contributed by atoms with Crippen molar-refractivity contribution in [2.45, 2.75) is 329 Å². The SMILES string of the molecule is CC/C=C\C/C=C\C/C=C\C/C=C\CCCCCCCCCCCCCCCCCCC(=O)OCC(COC(=O)CCCCCCCCCCCC)OC(=O)CCCCCCCCCCCCCCC. The molecule has 0 aliphatic rings. The third-order valence-corrected chi connectivity index (χ3v) is 13.6. The zero-order valence-electron chi connectivity index (χ0n) is 46.8. The first-order valence-corrected chi connectivity index (χ1v) is 30.6. The number of carbonyl (C=O) groups is 3. The van der Waals surface area contributed by atoms with E-state index in [-0.39, 0.29) is 31.1 Å². The standard InChI is InChI=1S/C64H116O6/c1-4-7-10-13-16-19-22-24-25-26-27-28-29-30-31-32-33-34-35-36-37-38-39-41-42-45-48-51-54-57-63(66)69-60-61(59-68-62(65)56-53-50-47-44-21-18-15-12-9-6-3)70-64(67)58-55-52-49-46-43-40-23-20-17-14-11-8-5-2/h7,10,16,19,24-25,27-28,61H,4-6,8-9,11-15,17-18,20-23,26,29-60H2,1-3H3/b10-7-,19-16-,25-24-,28-27-. The fraction of sp³-hybridized carbons (Fsp3) is 0.828. The summed E-state index contributed by atoms with van der Waals surface area (Å²) in [6.07, 6.45) is 72.7. The van der Waals surface area contributed by atoms with Gasteiger partial charge in [-0.05, 0) is 57.8 Å². The Bertz CT molecular complexity index is 1220. The van der Waals surface area contributed by atoms with Crippen LogP contribution in [0.4, 0.5) is 0 Å². The molecule has 0 aliphatic heterocycles. The Hall–Kier alpha value is -2.63. The summed E-state index contributed by atoms with van der Waals surface area (Å²) in [5.74, 6) is -0.850. The Kier molecular flexibility index (Phi) is 56.7. The minimum atomic E-state index is -0.766. The van der Waals surface area contributed by atoms with Gasteiger partial charge < -0.3 is 14.2 Å². The van der Waals surface area contributed by atoms with E-state index in [0.717, 1.165) is 83.5 Å². The first-order valence-electron chi connectivity index (χ1n) is 30.6. The van der Waals surface area contributed by atoms with Crippen LogP contribution in [0.5, 0.6) is 0 Å². The zero-order valence-corrected chi connectivity index (χ0v) is 46.8. The molecule has 0 spiro atoms. The van der Waals surface area contributed by atoms with Gasteiger partial charge in [0, 0.05) is 19.3 Å². The smallest absolute Gasteiger partial charge is 0.306 e. The largest absolute Gasteiger partial charge is 0.462 e. The Labute approximate surface area is 435 Å². The molecule has 0 aromatic rings. The summed E-state index contributed by atoms with van der Waals surface area (Å²) in [4.78, 5) is 38.1. The predicted molar refractivity (Wildman–Crippen MR) is 302 cm³/mol. The maximum Gasteiger partial charge on any atom is 0.306 e. The van der Waals surface area contributed by atoms with Gasteiger partial charge in [0.25, 0.3) is 0 Å². The molecule has 0 aliphatic carbocycles. The van der Waals surface area contributed by atoms with Crippen LogP contribution in [0.15, 0.2) is 48.6 Å². The van der Waals surface area contributed by atoms with Gasteiger partial charge in [-0.2, -0.15) is 0 Å². The maximum absolute atomic E-state index is 12.8. The molecular formula is C64H116O6. The summed E-state index contributed by atoms with van der Waals surface area (Å²) >= 11 is 0. The van der Waals surface area contributed by atoms with Gasteiger partial charge in [0.2, 0.25) is 0 Å². The van der Waals surface area contributed by atoms with Crippen molar-refractivity contribution in [3.8, 4) is 0 Å². The highest BCUT2D eigenvalue weighted by Gasteiger charge is 2.19. The van der Waals surface area contributed by atoms with Gasteiger partial charge in [-0.3, -0.25) is 14.4 Å². The van der Waals surface area contributed by atoms with E-state index in [2.05, 4.69) is 69.4 Å². The van der Waals surface area contributed by atoms with E-state index in [1.807, 2.05) is 0 Å². The highest BCUT2D eigenvalue weighted by atomic mass is 16.6. The van der Waals surface area contributed by atoms with Crippen molar-refractivity contribution < 1.29 is 28.6 Å². The van der Waals surface area contributed by atoms with E-state index in [1.165, 1.54) is 199 Å². The van der Waals surface area contributed by atoms with Crippen molar-refractivity contribution in [1.82, 2.24) is 0 Å². The van der Waals surface area contributed by atoms with Crippen LogP contribution in [0.1, 0.15) is 323 Å². The second kappa shape index (κ2) is 58.9. The van der Waals surface area contributed by atoms with E-state index in [0.29, 0.717) is 19.3 Å². The molecule has 6 nitrogen and oxygen atoms in total. The average molecular weight is 982 g/mol. The molecule has 1 unspecified atom stereocenters. The molecule has 0 N–H and O–H groups in total. The molecule has 0 fully saturated rings. The Morgan fingerprint density at radius 3 is 0.871 bits per heavy atom. The summed E-state index contributed by atoms with van der Waals surface area (Å²) in [7, 11) is 0. The minimum Gasteiger partial charge on any atom is -0.462 e. The number of ether oxygens (including phenoxy) is 3. The molecule has 6 heteroatoms. The lowest BCUT2D eigenvalue weighted by atomic mass is 10.0. The second-order valence-corrected chi connectivity index (χ2v) is 20.6. The molecule has 0 radical (unpaired) electrons. The van der Waals surface area contributed by atoms with Crippen LogP contribution >= 0.6 is 0 Å². The lowest BCUT2D eigenvalue weighted by Crippen LogP contribution is -2.30. The highest BCUT2D eigenvalue weighted by Crippen LogP contribution is 2.17. The van der Waals surface area contributed by atoms with E-state index in [9.17, 15) is 14.4 Å². The predicted octanol–water partition coefficient (Wildman–Crippen LogP) is 20.6. The highest BCUT2D eigenvalue weighted by molar-refractivity contribution is 5.71. The number of unbranched alkanes of at least 4 members (excludes halogenated alkanes) is 37. The fourth-order valence-electron chi connectivity index (χ4n) is 9.02. The zero-order chi connectivity index (χ0) is 50.7. The van der Waals surface area contributed by atoms with E-state index in [4.69, 9.17) is 14.2 Å². The Balaban J connectivity index is 4.09. The van der Waals surface area contributed by atoms with Crippen molar-refractivity contribution >= 4 is 17.9 Å². The van der Waals surface area contributed by atoms with Crippen molar-refractivity contribution in [3.05, 3.63) is 48.6 Å². The molecule has 0 saturated carbocycles. The summed E-state index contributed by atoms with van der Waals surface area (Å²) < 4.78 is 16.9. The van der Waals surface area contributed by atoms with Crippen molar-refractivity contribution in [2.24, 2.45) is 0 Å². The minimum absolute atomic E-state index is 0.0666. The number of allylic oxidation sites excluding steroid dienone is 8. The van der Waals surface area contributed by atoms with Crippen LogP contribution in [-0.4, -0.2) is 37.2 Å². The lowest BCUT2D eigenvalue weighted by Gasteiger charge is -2.18. The van der Waals surface area contributed by atoms with Crippen molar-refractivity contribution in [1.29, 1.82) is 0 Å². The molecule has 0 bridgehead atoms. The van der Waals surface area contributed by atoms with Crippen LogP contribution in [0.3, 0.4) is 0 Å². The molecule has 70 heavy (non-hydrogen) atoms. The van der Waals surface area contributed by atoms with Gasteiger partial charge in [-0.15, -0.1) is 0 Å². The molecule has 0 saturated heterocycles. The van der Waals surface area contributed by atoms with Crippen LogP contribution in [-0.2, 0) is 28.6 Å². The van der Waals surface area contributed by atoms with Crippen LogP contribution < -0.4 is 0 Å². The van der Waals surface area contributed by atoms with Crippen LogP contribution in [0.25, 0.3) is 0 Å². The summed E-state index contributed by atoms with van der Waals surface area (Å²) in [5.41, 5.74) is 0. The van der Waals surface area contributed by atoms with E-state index >= 15 is 0 Å². The van der Waals surface area contributed by atoms with Gasteiger partial charge in [-0.25, -0.2) is 0 Å². The van der Waals surface area contributed by atoms with Gasteiger partial charge in [0.15, 0.2) is 6.10 Å². The third kappa shape index (κ3) is 56.3. The molecule has 0 rings (SSSR count). The van der Waals surface area contributed by atoms with E-state index in [1.54, 1.807) is 0 Å². The van der Waals surface area contributed by atoms with Gasteiger partial charge in [0.1, 0.15) is 13.2 Å². The number of hydrogen-bond donors (Lipinski definition) is 0. The third-order valence-electron chi connectivity index (χ3n) is 13.6. The van der Waals surface area contributed by atoms with Gasteiger partial charge in [-0.1, -0.05) is 294 Å². The van der Waals surface area contributed by atoms with Crippen molar-refractivity contribution in [3.63, 3.8) is 0 Å². The molecule has 1 atom stereocenters. The first-order chi connectivity index (χ1) is 34.5. The van der Waals surface area contributed by atoms with Gasteiger partial charge >= 0.3 is 17.9 Å². The number of rotatable bonds is 56. The topological polar surface area (TPSA) is 78.9 Å². The number of carbonyl (C=O) groups excluding carboxylic acids is 3. The van der Waals surface area contributed by atoms with Crippen LogP contribution in [0, 0.1) is 0 Å². The molecule has 0 aromatic heterocycles. The maximum atomic E-state index is 12.8. The fourth-order valence-corrected chi connectivity index (χ4v) is 9.02. The molecule has 0 amide bonds. The summed E-state index contributed by atoms with van der Waals surface area (Å²) in [6, 6.07) is 0. The Morgan fingerprint density at radius 1 is 0.300 bits per heavy atom. The van der Waals surface area contributed by atoms with Crippen LogP contribution in [0.2, 0.25) is 0 Å². The average Bonchev–Trinajstić information content (AvgIpc) is 3.36. The molecular weight excluding hydrogens is 865 g/mol. The van der Waals surface area contributed by atoms with Crippen molar-refractivity contribution in [2.75, 3.05) is 13.2 Å². The summed E-state index contributed by atoms with van der Waals surface area (Å²) in [6.45, 7) is 6.55. The molecule has 0 heterocycles. The van der Waals surface area contributed by atoms with Gasteiger partial charge in [0.05, 0.1) is 0 Å². The normalized spacial score (nSPS) is 12.3.